The van der Waals surface area contributed by atoms with Crippen molar-refractivity contribution in [2.75, 3.05) is 6.54 Å². The van der Waals surface area contributed by atoms with Crippen LogP contribution in [0.2, 0.25) is 0 Å². The van der Waals surface area contributed by atoms with Crippen molar-refractivity contribution in [1.82, 2.24) is 5.32 Å². The van der Waals surface area contributed by atoms with Crippen LogP contribution in [-0.2, 0) is 0 Å². The van der Waals surface area contributed by atoms with Crippen LogP contribution >= 0.6 is 0 Å². The van der Waals surface area contributed by atoms with Gasteiger partial charge in [-0.05, 0) is 12.8 Å². The molecular formula is C9H17N. The number of rotatable bonds is 4. The van der Waals surface area contributed by atoms with Gasteiger partial charge in [-0.3, -0.25) is 0 Å². The Kier molecular flexibility index (Phi) is 5.06. The van der Waals surface area contributed by atoms with Crippen LogP contribution in [0.4, 0.5) is 0 Å². The third-order valence-electron chi connectivity index (χ3n) is 2.02. The highest BCUT2D eigenvalue weighted by Crippen LogP contribution is 2.05. The molecule has 0 spiro atoms. The SMILES string of the molecule is C#CCNC(C)C(C)CC. The van der Waals surface area contributed by atoms with Gasteiger partial charge >= 0.3 is 0 Å². The van der Waals surface area contributed by atoms with Crippen LogP contribution in [0.15, 0.2) is 0 Å². The average molecular weight is 139 g/mol. The molecule has 0 bridgehead atoms. The van der Waals surface area contributed by atoms with Crippen LogP contribution in [0.3, 0.4) is 0 Å². The van der Waals surface area contributed by atoms with Gasteiger partial charge in [0.2, 0.25) is 0 Å². The first-order valence-corrected chi connectivity index (χ1v) is 3.89. The van der Waals surface area contributed by atoms with E-state index in [9.17, 15) is 0 Å². The van der Waals surface area contributed by atoms with Gasteiger partial charge in [-0.2, -0.15) is 0 Å². The van der Waals surface area contributed by atoms with Crippen LogP contribution < -0.4 is 5.32 Å². The van der Waals surface area contributed by atoms with E-state index in [4.69, 9.17) is 6.42 Å². The van der Waals surface area contributed by atoms with Gasteiger partial charge in [-0.15, -0.1) is 6.42 Å². The van der Waals surface area contributed by atoms with Gasteiger partial charge in [-0.25, -0.2) is 0 Å². The van der Waals surface area contributed by atoms with E-state index in [1.54, 1.807) is 0 Å². The highest BCUT2D eigenvalue weighted by atomic mass is 14.9. The molecule has 0 aromatic rings. The number of nitrogens with one attached hydrogen (secondary N) is 1. The summed E-state index contributed by atoms with van der Waals surface area (Å²) in [7, 11) is 0. The first-order chi connectivity index (χ1) is 4.72. The lowest BCUT2D eigenvalue weighted by Crippen LogP contribution is -2.31. The second kappa shape index (κ2) is 5.32. The second-order valence-corrected chi connectivity index (χ2v) is 2.76. The Morgan fingerprint density at radius 2 is 2.10 bits per heavy atom. The molecule has 0 aromatic heterocycles. The molecule has 0 rings (SSSR count). The van der Waals surface area contributed by atoms with Crippen LogP contribution in [0.1, 0.15) is 27.2 Å². The minimum atomic E-state index is 0.543. The smallest absolute Gasteiger partial charge is 0.0575 e. The second-order valence-electron chi connectivity index (χ2n) is 2.76. The molecule has 1 heteroatoms. The summed E-state index contributed by atoms with van der Waals surface area (Å²) < 4.78 is 0. The van der Waals surface area contributed by atoms with Crippen molar-refractivity contribution >= 4 is 0 Å². The Hall–Kier alpha value is -0.480. The van der Waals surface area contributed by atoms with E-state index in [-0.39, 0.29) is 0 Å². The summed E-state index contributed by atoms with van der Waals surface area (Å²) in [5, 5.41) is 3.25. The van der Waals surface area contributed by atoms with Crippen molar-refractivity contribution in [2.45, 2.75) is 33.2 Å². The van der Waals surface area contributed by atoms with Gasteiger partial charge in [0.1, 0.15) is 0 Å². The van der Waals surface area contributed by atoms with E-state index in [2.05, 4.69) is 32.0 Å². The summed E-state index contributed by atoms with van der Waals surface area (Å²) in [4.78, 5) is 0. The van der Waals surface area contributed by atoms with Crippen molar-refractivity contribution in [2.24, 2.45) is 5.92 Å². The normalized spacial score (nSPS) is 15.8. The molecule has 10 heavy (non-hydrogen) atoms. The summed E-state index contributed by atoms with van der Waals surface area (Å²) in [5.74, 6) is 3.28. The van der Waals surface area contributed by atoms with E-state index < -0.39 is 0 Å². The summed E-state index contributed by atoms with van der Waals surface area (Å²) in [5.41, 5.74) is 0. The first kappa shape index (κ1) is 9.52. The third kappa shape index (κ3) is 3.53. The van der Waals surface area contributed by atoms with Gasteiger partial charge in [0.15, 0.2) is 0 Å². The molecule has 0 saturated heterocycles. The summed E-state index contributed by atoms with van der Waals surface area (Å²) in [6.07, 6.45) is 6.31. The van der Waals surface area contributed by atoms with E-state index in [0.717, 1.165) is 0 Å². The summed E-state index contributed by atoms with van der Waals surface area (Å²) >= 11 is 0. The van der Waals surface area contributed by atoms with Crippen molar-refractivity contribution in [1.29, 1.82) is 0 Å². The monoisotopic (exact) mass is 139 g/mol. The van der Waals surface area contributed by atoms with Crippen molar-refractivity contribution < 1.29 is 0 Å². The van der Waals surface area contributed by atoms with Gasteiger partial charge in [0, 0.05) is 6.04 Å². The molecule has 0 aliphatic heterocycles. The lowest BCUT2D eigenvalue weighted by Gasteiger charge is -2.17. The third-order valence-corrected chi connectivity index (χ3v) is 2.02. The lowest BCUT2D eigenvalue weighted by molar-refractivity contribution is 0.406. The largest absolute Gasteiger partial charge is 0.303 e. The maximum atomic E-state index is 5.11. The van der Waals surface area contributed by atoms with E-state index in [0.29, 0.717) is 18.5 Å². The van der Waals surface area contributed by atoms with Gasteiger partial charge in [0.05, 0.1) is 6.54 Å². The van der Waals surface area contributed by atoms with Gasteiger partial charge in [-0.1, -0.05) is 26.2 Å². The zero-order valence-corrected chi connectivity index (χ0v) is 7.15. The maximum Gasteiger partial charge on any atom is 0.0575 e. The first-order valence-electron chi connectivity index (χ1n) is 3.89. The minimum Gasteiger partial charge on any atom is -0.303 e. The molecule has 0 heterocycles. The van der Waals surface area contributed by atoms with Crippen LogP contribution in [0, 0.1) is 18.3 Å². The van der Waals surface area contributed by atoms with Gasteiger partial charge in [0.25, 0.3) is 0 Å². The Morgan fingerprint density at radius 1 is 1.50 bits per heavy atom. The molecule has 0 fully saturated rings. The predicted molar refractivity (Wildman–Crippen MR) is 45.8 cm³/mol. The molecule has 1 N–H and O–H groups in total. The fourth-order valence-corrected chi connectivity index (χ4v) is 0.775. The van der Waals surface area contributed by atoms with Crippen LogP contribution in [0.5, 0.6) is 0 Å². The summed E-state index contributed by atoms with van der Waals surface area (Å²) in [6, 6.07) is 0.543. The Balaban J connectivity index is 3.43. The maximum absolute atomic E-state index is 5.11. The summed E-state index contributed by atoms with van der Waals surface area (Å²) in [6.45, 7) is 7.28. The molecule has 0 saturated carbocycles. The molecule has 0 radical (unpaired) electrons. The molecule has 58 valence electrons. The molecule has 2 atom stereocenters. The van der Waals surface area contributed by atoms with Crippen LogP contribution in [0.25, 0.3) is 0 Å². The van der Waals surface area contributed by atoms with Crippen molar-refractivity contribution in [3.05, 3.63) is 0 Å². The van der Waals surface area contributed by atoms with Crippen molar-refractivity contribution in [3.63, 3.8) is 0 Å². The molecule has 2 unspecified atom stereocenters. The number of terminal acetylenes is 1. The van der Waals surface area contributed by atoms with Crippen LogP contribution in [-0.4, -0.2) is 12.6 Å². The Labute approximate surface area is 64.2 Å². The number of hydrogen-bond acceptors (Lipinski definition) is 1. The van der Waals surface area contributed by atoms with E-state index in [1.807, 2.05) is 0 Å². The molecule has 0 aliphatic rings. The molecule has 0 aliphatic carbocycles. The Bertz CT molecular complexity index is 112. The topological polar surface area (TPSA) is 12.0 Å². The molecular weight excluding hydrogens is 122 g/mol. The Morgan fingerprint density at radius 3 is 2.50 bits per heavy atom. The molecule has 0 aromatic carbocycles. The molecule has 1 nitrogen and oxygen atoms in total. The highest BCUT2D eigenvalue weighted by Gasteiger charge is 2.06. The predicted octanol–water partition coefficient (Wildman–Crippen LogP) is 1.64. The average Bonchev–Trinajstić information content (AvgIpc) is 1.98. The minimum absolute atomic E-state index is 0.543. The van der Waals surface area contributed by atoms with Crippen molar-refractivity contribution in [3.8, 4) is 12.3 Å². The van der Waals surface area contributed by atoms with E-state index in [1.165, 1.54) is 6.42 Å². The van der Waals surface area contributed by atoms with Gasteiger partial charge < -0.3 is 5.32 Å². The quantitative estimate of drug-likeness (QED) is 0.584. The standard InChI is InChI=1S/C9H17N/c1-5-7-10-9(4)8(3)6-2/h1,8-10H,6-7H2,2-4H3. The highest BCUT2D eigenvalue weighted by molar-refractivity contribution is 4.88. The lowest BCUT2D eigenvalue weighted by atomic mass is 10.0. The fourth-order valence-electron chi connectivity index (χ4n) is 0.775. The van der Waals surface area contributed by atoms with E-state index >= 15 is 0 Å². The zero-order chi connectivity index (χ0) is 7.98. The number of hydrogen-bond donors (Lipinski definition) is 1. The molecule has 0 amide bonds. The zero-order valence-electron chi connectivity index (χ0n) is 7.15. The fraction of sp³-hybridized carbons (Fsp3) is 0.778.